The van der Waals surface area contributed by atoms with Crippen molar-refractivity contribution in [2.24, 2.45) is 0 Å². The lowest BCUT2D eigenvalue weighted by atomic mass is 10.1. The average molecular weight is 251 g/mol. The van der Waals surface area contributed by atoms with Crippen molar-refractivity contribution in [2.75, 3.05) is 25.0 Å². The van der Waals surface area contributed by atoms with Gasteiger partial charge in [-0.1, -0.05) is 11.6 Å². The second kappa shape index (κ2) is 4.51. The van der Waals surface area contributed by atoms with Gasteiger partial charge in [-0.15, -0.1) is 0 Å². The van der Waals surface area contributed by atoms with E-state index in [9.17, 15) is 0 Å². The second-order valence-electron chi connectivity index (χ2n) is 5.26. The summed E-state index contributed by atoms with van der Waals surface area (Å²) >= 11 is 5.94. The standard InChI is InChI=1S/C14H19ClN2/c1-16-12-6-7-14(16)10-17(9-8-12)13-4-2-11(15)3-5-13/h2-5,12,14H,6-10H2,1H3. The van der Waals surface area contributed by atoms with E-state index < -0.39 is 0 Å². The summed E-state index contributed by atoms with van der Waals surface area (Å²) in [4.78, 5) is 5.09. The molecule has 17 heavy (non-hydrogen) atoms. The molecule has 0 N–H and O–H groups in total. The number of rotatable bonds is 1. The van der Waals surface area contributed by atoms with Crippen LogP contribution >= 0.6 is 11.6 Å². The fraction of sp³-hybridized carbons (Fsp3) is 0.571. The van der Waals surface area contributed by atoms with Gasteiger partial charge in [-0.25, -0.2) is 0 Å². The summed E-state index contributed by atoms with van der Waals surface area (Å²) in [6, 6.07) is 9.80. The lowest BCUT2D eigenvalue weighted by Gasteiger charge is -2.27. The largest absolute Gasteiger partial charge is 0.370 e. The minimum Gasteiger partial charge on any atom is -0.370 e. The van der Waals surface area contributed by atoms with Gasteiger partial charge >= 0.3 is 0 Å². The van der Waals surface area contributed by atoms with E-state index in [2.05, 4.69) is 29.0 Å². The molecule has 0 aromatic heterocycles. The normalized spacial score (nSPS) is 29.4. The summed E-state index contributed by atoms with van der Waals surface area (Å²) < 4.78 is 0. The Labute approximate surface area is 108 Å². The van der Waals surface area contributed by atoms with Crippen LogP contribution in [0.4, 0.5) is 5.69 Å². The van der Waals surface area contributed by atoms with Crippen LogP contribution in [-0.4, -0.2) is 37.1 Å². The van der Waals surface area contributed by atoms with Crippen molar-refractivity contribution in [1.29, 1.82) is 0 Å². The first kappa shape index (κ1) is 11.4. The van der Waals surface area contributed by atoms with Gasteiger partial charge in [-0.2, -0.15) is 0 Å². The Morgan fingerprint density at radius 1 is 1.06 bits per heavy atom. The van der Waals surface area contributed by atoms with Crippen LogP contribution in [0.5, 0.6) is 0 Å². The third-order valence-electron chi connectivity index (χ3n) is 4.34. The highest BCUT2D eigenvalue weighted by Crippen LogP contribution is 2.30. The van der Waals surface area contributed by atoms with Gasteiger partial charge in [0, 0.05) is 35.9 Å². The maximum atomic E-state index is 5.94. The molecule has 3 rings (SSSR count). The van der Waals surface area contributed by atoms with Crippen molar-refractivity contribution in [3.63, 3.8) is 0 Å². The van der Waals surface area contributed by atoms with Crippen LogP contribution in [0.25, 0.3) is 0 Å². The van der Waals surface area contributed by atoms with Gasteiger partial charge in [0.25, 0.3) is 0 Å². The van der Waals surface area contributed by atoms with Gasteiger partial charge in [-0.3, -0.25) is 4.90 Å². The molecule has 2 unspecified atom stereocenters. The maximum absolute atomic E-state index is 5.94. The molecule has 3 heteroatoms. The first-order chi connectivity index (χ1) is 8.24. The molecule has 0 spiro atoms. The molecule has 2 bridgehead atoms. The van der Waals surface area contributed by atoms with Crippen LogP contribution in [0.15, 0.2) is 24.3 Å². The SMILES string of the molecule is CN1C2CCC1CN(c1ccc(Cl)cc1)CC2. The maximum Gasteiger partial charge on any atom is 0.0407 e. The number of hydrogen-bond donors (Lipinski definition) is 0. The van der Waals surface area contributed by atoms with Crippen molar-refractivity contribution in [3.8, 4) is 0 Å². The van der Waals surface area contributed by atoms with Crippen LogP contribution in [-0.2, 0) is 0 Å². The minimum atomic E-state index is 0.734. The van der Waals surface area contributed by atoms with Gasteiger partial charge in [0.2, 0.25) is 0 Å². The summed E-state index contributed by atoms with van der Waals surface area (Å²) in [6.45, 7) is 2.34. The Kier molecular flexibility index (Phi) is 3.01. The van der Waals surface area contributed by atoms with E-state index >= 15 is 0 Å². The molecule has 2 heterocycles. The highest BCUT2D eigenvalue weighted by Gasteiger charge is 2.34. The molecule has 0 aliphatic carbocycles. The topological polar surface area (TPSA) is 6.48 Å². The summed E-state index contributed by atoms with van der Waals surface area (Å²) in [7, 11) is 2.29. The van der Waals surface area contributed by atoms with Gasteiger partial charge < -0.3 is 4.90 Å². The van der Waals surface area contributed by atoms with E-state index in [1.165, 1.54) is 31.5 Å². The second-order valence-corrected chi connectivity index (χ2v) is 5.70. The highest BCUT2D eigenvalue weighted by atomic mass is 35.5. The Morgan fingerprint density at radius 2 is 1.76 bits per heavy atom. The van der Waals surface area contributed by atoms with Crippen LogP contribution in [0.1, 0.15) is 19.3 Å². The Balaban J connectivity index is 1.79. The van der Waals surface area contributed by atoms with Gasteiger partial charge in [0.1, 0.15) is 0 Å². The van der Waals surface area contributed by atoms with E-state index in [-0.39, 0.29) is 0 Å². The first-order valence-electron chi connectivity index (χ1n) is 6.46. The van der Waals surface area contributed by atoms with Crippen molar-refractivity contribution in [1.82, 2.24) is 4.90 Å². The monoisotopic (exact) mass is 250 g/mol. The van der Waals surface area contributed by atoms with Gasteiger partial charge in [0.05, 0.1) is 0 Å². The molecule has 92 valence electrons. The van der Waals surface area contributed by atoms with Crippen LogP contribution < -0.4 is 4.90 Å². The molecule has 2 fully saturated rings. The van der Waals surface area contributed by atoms with Crippen molar-refractivity contribution >= 4 is 17.3 Å². The summed E-state index contributed by atoms with van der Waals surface area (Å²) in [5.74, 6) is 0. The molecular formula is C14H19ClN2. The van der Waals surface area contributed by atoms with Crippen LogP contribution in [0.3, 0.4) is 0 Å². The number of benzene rings is 1. The third-order valence-corrected chi connectivity index (χ3v) is 4.59. The van der Waals surface area contributed by atoms with E-state index in [4.69, 9.17) is 11.6 Å². The minimum absolute atomic E-state index is 0.734. The molecular weight excluding hydrogens is 232 g/mol. The van der Waals surface area contributed by atoms with Crippen LogP contribution in [0.2, 0.25) is 5.02 Å². The predicted octanol–water partition coefficient (Wildman–Crippen LogP) is 3.01. The molecule has 0 amide bonds. The zero-order chi connectivity index (χ0) is 11.8. The summed E-state index contributed by atoms with van der Waals surface area (Å²) in [5, 5.41) is 0.821. The van der Waals surface area contributed by atoms with Crippen molar-refractivity contribution in [2.45, 2.75) is 31.3 Å². The van der Waals surface area contributed by atoms with Crippen molar-refractivity contribution in [3.05, 3.63) is 29.3 Å². The number of halogens is 1. The molecule has 2 saturated heterocycles. The molecule has 0 saturated carbocycles. The zero-order valence-corrected chi connectivity index (χ0v) is 11.0. The Morgan fingerprint density at radius 3 is 2.53 bits per heavy atom. The summed E-state index contributed by atoms with van der Waals surface area (Å²) in [5.41, 5.74) is 1.32. The number of anilines is 1. The molecule has 1 aromatic carbocycles. The quantitative estimate of drug-likeness (QED) is 0.756. The number of nitrogens with zero attached hydrogens (tertiary/aromatic N) is 2. The molecule has 2 nitrogen and oxygen atoms in total. The first-order valence-corrected chi connectivity index (χ1v) is 6.84. The molecule has 2 aliphatic heterocycles. The molecule has 0 radical (unpaired) electrons. The fourth-order valence-corrected chi connectivity index (χ4v) is 3.32. The van der Waals surface area contributed by atoms with Gasteiger partial charge in [-0.05, 0) is 50.6 Å². The number of fused-ring (bicyclic) bond motifs is 2. The molecule has 2 atom stereocenters. The van der Waals surface area contributed by atoms with Crippen LogP contribution in [0, 0.1) is 0 Å². The lowest BCUT2D eigenvalue weighted by Crippen LogP contribution is -2.36. The molecule has 1 aromatic rings. The zero-order valence-electron chi connectivity index (χ0n) is 10.3. The lowest BCUT2D eigenvalue weighted by molar-refractivity contribution is 0.254. The van der Waals surface area contributed by atoms with E-state index in [0.29, 0.717) is 0 Å². The molecule has 2 aliphatic rings. The Bertz CT molecular complexity index is 390. The summed E-state index contributed by atoms with van der Waals surface area (Å²) in [6.07, 6.45) is 4.02. The fourth-order valence-electron chi connectivity index (χ4n) is 3.20. The van der Waals surface area contributed by atoms with E-state index in [0.717, 1.165) is 23.7 Å². The smallest absolute Gasteiger partial charge is 0.0407 e. The highest BCUT2D eigenvalue weighted by molar-refractivity contribution is 6.30. The van der Waals surface area contributed by atoms with E-state index in [1.54, 1.807) is 0 Å². The third kappa shape index (κ3) is 2.16. The van der Waals surface area contributed by atoms with Gasteiger partial charge in [0.15, 0.2) is 0 Å². The average Bonchev–Trinajstić information content (AvgIpc) is 2.55. The number of hydrogen-bond acceptors (Lipinski definition) is 2. The predicted molar refractivity (Wildman–Crippen MR) is 72.9 cm³/mol. The Hall–Kier alpha value is -0.730. The number of likely N-dealkylation sites (N-methyl/N-ethyl adjacent to an activating group) is 1. The van der Waals surface area contributed by atoms with E-state index in [1.807, 2.05) is 12.1 Å². The van der Waals surface area contributed by atoms with Crippen molar-refractivity contribution < 1.29 is 0 Å².